The number of aliphatic hydroxyl groups is 2. The van der Waals surface area contributed by atoms with Gasteiger partial charge in [-0.25, -0.2) is 9.59 Å². The second-order valence-corrected chi connectivity index (χ2v) is 7.29. The van der Waals surface area contributed by atoms with Crippen molar-refractivity contribution in [3.63, 3.8) is 0 Å². The average Bonchev–Trinajstić information content (AvgIpc) is 2.82. The molecule has 21 heavy (non-hydrogen) atoms. The summed E-state index contributed by atoms with van der Waals surface area (Å²) in [5.41, 5.74) is -2.96. The number of cyclic esters (lactones) is 1. The first-order valence-electron chi connectivity index (χ1n) is 7.13. The van der Waals surface area contributed by atoms with Crippen molar-refractivity contribution in [1.29, 1.82) is 0 Å². The summed E-state index contributed by atoms with van der Waals surface area (Å²) in [6.07, 6.45) is 2.81. The number of carboxylic acids is 1. The van der Waals surface area contributed by atoms with Crippen LogP contribution < -0.4 is 0 Å². The maximum Gasteiger partial charge on any atom is 0.341 e. The van der Waals surface area contributed by atoms with Crippen molar-refractivity contribution in [2.24, 2.45) is 22.7 Å². The zero-order valence-corrected chi connectivity index (χ0v) is 12.1. The average molecular weight is 296 g/mol. The maximum absolute atomic E-state index is 12.1. The number of carbonyl (C=O) groups excluding carboxylic acids is 1. The number of hydrogen-bond acceptors (Lipinski definition) is 5. The summed E-state index contributed by atoms with van der Waals surface area (Å²) in [5, 5.41) is 29.9. The number of carboxylic acid groups (broad SMARTS) is 1. The predicted molar refractivity (Wildman–Crippen MR) is 71.1 cm³/mol. The highest BCUT2D eigenvalue weighted by Gasteiger charge is 2.73. The van der Waals surface area contributed by atoms with Gasteiger partial charge in [0.1, 0.15) is 0 Å². The number of aliphatic hydroxyl groups excluding tert-OH is 1. The summed E-state index contributed by atoms with van der Waals surface area (Å²) in [7, 11) is 0. The third-order valence-electron chi connectivity index (χ3n) is 5.55. The van der Waals surface area contributed by atoms with Crippen molar-refractivity contribution < 1.29 is 29.6 Å². The van der Waals surface area contributed by atoms with Crippen LogP contribution in [0, 0.1) is 22.7 Å². The molecule has 6 heteroatoms. The first-order chi connectivity index (χ1) is 9.68. The Morgan fingerprint density at radius 3 is 2.71 bits per heavy atom. The highest BCUT2D eigenvalue weighted by molar-refractivity contribution is 5.91. The quantitative estimate of drug-likeness (QED) is 0.634. The van der Waals surface area contributed by atoms with Crippen LogP contribution >= 0.6 is 0 Å². The molecule has 4 atom stereocenters. The summed E-state index contributed by atoms with van der Waals surface area (Å²) in [6.45, 7) is 3.26. The molecule has 0 aromatic rings. The molecule has 6 nitrogen and oxygen atoms in total. The summed E-state index contributed by atoms with van der Waals surface area (Å²) in [4.78, 5) is 23.6. The Morgan fingerprint density at radius 2 is 2.14 bits per heavy atom. The van der Waals surface area contributed by atoms with Gasteiger partial charge in [0.2, 0.25) is 0 Å². The second kappa shape index (κ2) is 4.08. The lowest BCUT2D eigenvalue weighted by atomic mass is 9.58. The Bertz CT molecular complexity index is 550. The van der Waals surface area contributed by atoms with Crippen molar-refractivity contribution in [1.82, 2.24) is 0 Å². The highest BCUT2D eigenvalue weighted by atomic mass is 16.6. The molecule has 2 aliphatic carbocycles. The Labute approximate surface area is 122 Å². The third kappa shape index (κ3) is 1.60. The summed E-state index contributed by atoms with van der Waals surface area (Å²) in [6, 6.07) is 0. The van der Waals surface area contributed by atoms with Crippen molar-refractivity contribution in [3.05, 3.63) is 11.6 Å². The van der Waals surface area contributed by atoms with Crippen molar-refractivity contribution in [2.45, 2.75) is 32.3 Å². The van der Waals surface area contributed by atoms with Crippen LogP contribution in [-0.2, 0) is 14.3 Å². The molecule has 0 aromatic heterocycles. The molecule has 0 amide bonds. The smallest absolute Gasteiger partial charge is 0.341 e. The number of esters is 1. The number of hydrogen-bond donors (Lipinski definition) is 3. The van der Waals surface area contributed by atoms with Crippen LogP contribution in [0.15, 0.2) is 11.6 Å². The van der Waals surface area contributed by atoms with E-state index in [9.17, 15) is 24.9 Å². The lowest BCUT2D eigenvalue weighted by molar-refractivity contribution is -0.221. The number of rotatable bonds is 2. The summed E-state index contributed by atoms with van der Waals surface area (Å²) < 4.78 is 5.00. The van der Waals surface area contributed by atoms with E-state index in [4.69, 9.17) is 4.74 Å². The van der Waals surface area contributed by atoms with Gasteiger partial charge in [0.15, 0.2) is 5.60 Å². The van der Waals surface area contributed by atoms with Gasteiger partial charge in [0.05, 0.1) is 13.2 Å². The fraction of sp³-hybridized carbons (Fsp3) is 0.733. The predicted octanol–water partition coefficient (Wildman–Crippen LogP) is 0.330. The first-order valence-corrected chi connectivity index (χ1v) is 7.13. The van der Waals surface area contributed by atoms with Crippen LogP contribution in [0.2, 0.25) is 0 Å². The molecule has 0 radical (unpaired) electrons. The SMILES string of the molecule is CC1(C)C[C@H]2C=C(C(=O)O)[C@H]3COC(=O)[C@@](O)(CO)[C@@]23C1. The summed E-state index contributed by atoms with van der Waals surface area (Å²) in [5.74, 6) is -2.71. The Hall–Kier alpha value is -1.40. The molecule has 3 rings (SSSR count). The molecular weight excluding hydrogens is 276 g/mol. The van der Waals surface area contributed by atoms with Gasteiger partial charge in [0, 0.05) is 16.9 Å². The lowest BCUT2D eigenvalue weighted by Crippen LogP contribution is -2.65. The molecule has 1 aliphatic heterocycles. The van der Waals surface area contributed by atoms with E-state index in [0.29, 0.717) is 12.8 Å². The Kier molecular flexibility index (Phi) is 2.82. The standard InChI is InChI=1S/C15H20O6/c1-13(2)4-8-3-9(11(17)18)10-5-21-12(19)15(20,7-16)14(8,10)6-13/h3,8,10,16,20H,4-7H2,1-2H3,(H,17,18)/t8-,10-,14+,15+/m1/s1. The van der Waals surface area contributed by atoms with Gasteiger partial charge < -0.3 is 20.1 Å². The molecule has 0 bridgehead atoms. The molecule has 0 unspecified atom stereocenters. The van der Waals surface area contributed by atoms with Crippen molar-refractivity contribution in [3.8, 4) is 0 Å². The molecule has 3 aliphatic rings. The van der Waals surface area contributed by atoms with Crippen LogP contribution in [0.3, 0.4) is 0 Å². The molecule has 1 heterocycles. The van der Waals surface area contributed by atoms with E-state index in [1.54, 1.807) is 6.08 Å². The highest BCUT2D eigenvalue weighted by Crippen LogP contribution is 2.68. The number of carbonyl (C=O) groups is 2. The van der Waals surface area contributed by atoms with Gasteiger partial charge in [-0.1, -0.05) is 19.9 Å². The fourth-order valence-corrected chi connectivity index (χ4v) is 4.85. The maximum atomic E-state index is 12.1. The molecule has 1 spiro atoms. The van der Waals surface area contributed by atoms with Gasteiger partial charge in [-0.2, -0.15) is 0 Å². The van der Waals surface area contributed by atoms with E-state index in [1.165, 1.54) is 0 Å². The molecular formula is C15H20O6. The van der Waals surface area contributed by atoms with Gasteiger partial charge in [-0.15, -0.1) is 0 Å². The largest absolute Gasteiger partial charge is 0.478 e. The van der Waals surface area contributed by atoms with E-state index >= 15 is 0 Å². The topological polar surface area (TPSA) is 104 Å². The fourth-order valence-electron chi connectivity index (χ4n) is 4.85. The zero-order valence-electron chi connectivity index (χ0n) is 12.1. The zero-order chi connectivity index (χ0) is 15.6. The van der Waals surface area contributed by atoms with E-state index in [2.05, 4.69) is 0 Å². The minimum Gasteiger partial charge on any atom is -0.478 e. The Morgan fingerprint density at radius 1 is 1.48 bits per heavy atom. The third-order valence-corrected chi connectivity index (χ3v) is 5.55. The normalized spacial score (nSPS) is 43.8. The Balaban J connectivity index is 2.18. The molecule has 3 N–H and O–H groups in total. The lowest BCUT2D eigenvalue weighted by Gasteiger charge is -2.50. The van der Waals surface area contributed by atoms with Crippen LogP contribution in [0.1, 0.15) is 26.7 Å². The van der Waals surface area contributed by atoms with Gasteiger partial charge >= 0.3 is 11.9 Å². The second-order valence-electron chi connectivity index (χ2n) is 7.29. The minimum absolute atomic E-state index is 0.0497. The van der Waals surface area contributed by atoms with Crippen LogP contribution in [0.5, 0.6) is 0 Å². The van der Waals surface area contributed by atoms with E-state index in [-0.39, 0.29) is 23.5 Å². The van der Waals surface area contributed by atoms with E-state index in [0.717, 1.165) is 0 Å². The van der Waals surface area contributed by atoms with Crippen LogP contribution in [-0.4, -0.2) is 46.1 Å². The van der Waals surface area contributed by atoms with E-state index < -0.39 is 35.5 Å². The number of allylic oxidation sites excluding steroid dienone is 1. The van der Waals surface area contributed by atoms with Gasteiger partial charge in [-0.3, -0.25) is 0 Å². The van der Waals surface area contributed by atoms with Crippen LogP contribution in [0.4, 0.5) is 0 Å². The molecule has 116 valence electrons. The minimum atomic E-state index is -2.04. The number of ether oxygens (including phenoxy) is 1. The molecule has 2 fully saturated rings. The van der Waals surface area contributed by atoms with E-state index in [1.807, 2.05) is 13.8 Å². The summed E-state index contributed by atoms with van der Waals surface area (Å²) >= 11 is 0. The molecule has 0 aromatic carbocycles. The monoisotopic (exact) mass is 296 g/mol. The number of aliphatic carboxylic acids is 1. The molecule has 1 saturated heterocycles. The molecule has 1 saturated carbocycles. The van der Waals surface area contributed by atoms with Crippen molar-refractivity contribution >= 4 is 11.9 Å². The van der Waals surface area contributed by atoms with Crippen molar-refractivity contribution in [2.75, 3.05) is 13.2 Å². The van der Waals surface area contributed by atoms with Crippen LogP contribution in [0.25, 0.3) is 0 Å². The van der Waals surface area contributed by atoms with Gasteiger partial charge in [0.25, 0.3) is 0 Å². The van der Waals surface area contributed by atoms with Gasteiger partial charge in [-0.05, 0) is 24.2 Å². The first kappa shape index (κ1) is 14.5.